The molecule has 6 nitrogen and oxygen atoms in total. The molecule has 1 aliphatic rings. The van der Waals surface area contributed by atoms with E-state index < -0.39 is 24.0 Å². The van der Waals surface area contributed by atoms with Gasteiger partial charge in [0, 0.05) is 29.9 Å². The number of rotatable bonds is 6. The van der Waals surface area contributed by atoms with Crippen molar-refractivity contribution >= 4 is 11.6 Å². The number of anilines is 1. The topological polar surface area (TPSA) is 71.3 Å². The van der Waals surface area contributed by atoms with E-state index in [1.165, 1.54) is 35.2 Å². The fourth-order valence-electron chi connectivity index (χ4n) is 3.04. The first-order valence-electron chi connectivity index (χ1n) is 9.10. The monoisotopic (exact) mass is 420 g/mol. The average Bonchev–Trinajstić information content (AvgIpc) is 3.16. The Labute approximate surface area is 168 Å². The molecule has 1 aliphatic heterocycles. The van der Waals surface area contributed by atoms with Gasteiger partial charge in [0.25, 0.3) is 5.89 Å². The Morgan fingerprint density at radius 1 is 1.17 bits per heavy atom. The molecule has 3 aromatic rings. The smallest absolute Gasteiger partial charge is 0.314 e. The summed E-state index contributed by atoms with van der Waals surface area (Å²) in [6.07, 6.45) is -2.93. The largest absolute Gasteiger partial charge is 0.415 e. The number of alkyl halides is 2. The molecular formula is C20H16F4N4O2. The van der Waals surface area contributed by atoms with Crippen molar-refractivity contribution in [3.8, 4) is 11.5 Å². The van der Waals surface area contributed by atoms with Crippen LogP contribution in [0.2, 0.25) is 0 Å². The van der Waals surface area contributed by atoms with Crippen LogP contribution in [0.25, 0.3) is 11.5 Å². The summed E-state index contributed by atoms with van der Waals surface area (Å²) in [6, 6.07) is 9.40. The average molecular weight is 420 g/mol. The molecule has 2 aromatic carbocycles. The van der Waals surface area contributed by atoms with E-state index in [-0.39, 0.29) is 35.4 Å². The maximum atomic E-state index is 14.8. The first-order valence-corrected chi connectivity index (χ1v) is 9.10. The number of benzene rings is 2. The summed E-state index contributed by atoms with van der Waals surface area (Å²) in [5.41, 5.74) is 0.605. The van der Waals surface area contributed by atoms with E-state index >= 15 is 0 Å². The van der Waals surface area contributed by atoms with Crippen LogP contribution in [0.5, 0.6) is 0 Å². The summed E-state index contributed by atoms with van der Waals surface area (Å²) in [5, 5.41) is 9.70. The zero-order chi connectivity index (χ0) is 21.3. The zero-order valence-corrected chi connectivity index (χ0v) is 15.5. The fraction of sp³-hybridized carbons (Fsp3) is 0.250. The molecule has 0 spiro atoms. The third-order valence-electron chi connectivity index (χ3n) is 4.77. The first kappa shape index (κ1) is 20.0. The number of carbonyl (C=O) groups is 1. The summed E-state index contributed by atoms with van der Waals surface area (Å²) in [4.78, 5) is 14.2. The van der Waals surface area contributed by atoms with Gasteiger partial charge in [0.1, 0.15) is 11.6 Å². The van der Waals surface area contributed by atoms with Crippen LogP contribution in [-0.4, -0.2) is 29.2 Å². The van der Waals surface area contributed by atoms with Crippen molar-refractivity contribution in [1.29, 1.82) is 0 Å². The van der Waals surface area contributed by atoms with Crippen molar-refractivity contribution in [1.82, 2.24) is 15.5 Å². The highest BCUT2D eigenvalue weighted by molar-refractivity contribution is 5.95. The summed E-state index contributed by atoms with van der Waals surface area (Å²) < 4.78 is 58.5. The van der Waals surface area contributed by atoms with Crippen LogP contribution in [-0.2, 0) is 11.3 Å². The number of nitrogens with one attached hydrogen (secondary N) is 1. The molecule has 0 unspecified atom stereocenters. The van der Waals surface area contributed by atoms with E-state index in [0.717, 1.165) is 6.07 Å². The number of hydrogen-bond donors (Lipinski definition) is 1. The van der Waals surface area contributed by atoms with Crippen molar-refractivity contribution in [2.75, 3.05) is 18.0 Å². The highest BCUT2D eigenvalue weighted by atomic mass is 19.3. The Balaban J connectivity index is 1.61. The van der Waals surface area contributed by atoms with Gasteiger partial charge < -0.3 is 14.6 Å². The van der Waals surface area contributed by atoms with E-state index in [9.17, 15) is 22.4 Å². The highest BCUT2D eigenvalue weighted by Crippen LogP contribution is 2.27. The van der Waals surface area contributed by atoms with Crippen molar-refractivity contribution in [3.05, 3.63) is 65.6 Å². The second-order valence-corrected chi connectivity index (χ2v) is 6.81. The number of amides is 1. The van der Waals surface area contributed by atoms with Gasteiger partial charge >= 0.3 is 6.43 Å². The zero-order valence-electron chi connectivity index (χ0n) is 15.5. The second-order valence-electron chi connectivity index (χ2n) is 6.81. The molecule has 4 rings (SSSR count). The SMILES string of the molecule is O=C(C1CNC1)N(Cc1ccc(-c2nnc(C(F)F)o2)cc1F)c1cccc(F)c1. The van der Waals surface area contributed by atoms with Crippen LogP contribution in [0.3, 0.4) is 0 Å². The summed E-state index contributed by atoms with van der Waals surface area (Å²) in [5.74, 6) is -2.83. The Morgan fingerprint density at radius 2 is 1.97 bits per heavy atom. The van der Waals surface area contributed by atoms with Gasteiger partial charge in [-0.2, -0.15) is 8.78 Å². The molecule has 2 heterocycles. The van der Waals surface area contributed by atoms with Gasteiger partial charge in [-0.15, -0.1) is 10.2 Å². The van der Waals surface area contributed by atoms with E-state index in [1.807, 2.05) is 0 Å². The molecule has 0 radical (unpaired) electrons. The van der Waals surface area contributed by atoms with Crippen LogP contribution in [0.15, 0.2) is 46.9 Å². The highest BCUT2D eigenvalue weighted by Gasteiger charge is 2.31. The van der Waals surface area contributed by atoms with Gasteiger partial charge in [0.2, 0.25) is 11.8 Å². The molecule has 1 N–H and O–H groups in total. The van der Waals surface area contributed by atoms with E-state index in [4.69, 9.17) is 4.42 Å². The molecular weight excluding hydrogens is 404 g/mol. The van der Waals surface area contributed by atoms with E-state index in [1.54, 1.807) is 6.07 Å². The third kappa shape index (κ3) is 4.04. The lowest BCUT2D eigenvalue weighted by molar-refractivity contribution is -0.123. The predicted octanol–water partition coefficient (Wildman–Crippen LogP) is 3.71. The lowest BCUT2D eigenvalue weighted by Crippen LogP contribution is -2.52. The standard InChI is InChI=1S/C20H16F4N4O2/c21-14-2-1-3-15(7-14)28(20(29)13-8-25-9-13)10-12-5-4-11(6-16(12)22)18-26-27-19(30-18)17(23)24/h1-7,13,17,25H,8-10H2. The quantitative estimate of drug-likeness (QED) is 0.616. The molecule has 1 aromatic heterocycles. The van der Waals surface area contributed by atoms with Gasteiger partial charge in [-0.1, -0.05) is 12.1 Å². The van der Waals surface area contributed by atoms with Gasteiger partial charge in [-0.25, -0.2) is 8.78 Å². The van der Waals surface area contributed by atoms with Gasteiger partial charge in [0.15, 0.2) is 0 Å². The van der Waals surface area contributed by atoms with Gasteiger partial charge in [-0.3, -0.25) is 4.79 Å². The van der Waals surface area contributed by atoms with Crippen molar-refractivity contribution < 1.29 is 26.8 Å². The fourth-order valence-corrected chi connectivity index (χ4v) is 3.04. The van der Waals surface area contributed by atoms with Crippen molar-refractivity contribution in [2.45, 2.75) is 13.0 Å². The van der Waals surface area contributed by atoms with Crippen LogP contribution in [0.1, 0.15) is 17.9 Å². The molecule has 156 valence electrons. The lowest BCUT2D eigenvalue weighted by atomic mass is 10.0. The van der Waals surface area contributed by atoms with Crippen LogP contribution in [0, 0.1) is 17.6 Å². The third-order valence-corrected chi connectivity index (χ3v) is 4.77. The number of hydrogen-bond acceptors (Lipinski definition) is 5. The second kappa shape index (κ2) is 8.23. The van der Waals surface area contributed by atoms with E-state index in [2.05, 4.69) is 15.5 Å². The van der Waals surface area contributed by atoms with E-state index in [0.29, 0.717) is 18.8 Å². The molecule has 0 saturated carbocycles. The minimum Gasteiger partial charge on any atom is -0.415 e. The minimum atomic E-state index is -2.93. The molecule has 1 fully saturated rings. The molecule has 1 amide bonds. The maximum Gasteiger partial charge on any atom is 0.314 e. The summed E-state index contributed by atoms with van der Waals surface area (Å²) in [6.45, 7) is 0.864. The number of carbonyl (C=O) groups excluding carboxylic acids is 1. The number of aromatic nitrogens is 2. The molecule has 0 bridgehead atoms. The molecule has 10 heteroatoms. The molecule has 30 heavy (non-hydrogen) atoms. The Kier molecular flexibility index (Phi) is 5.49. The molecule has 0 atom stereocenters. The summed E-state index contributed by atoms with van der Waals surface area (Å²) >= 11 is 0. The maximum absolute atomic E-state index is 14.8. The number of halogens is 4. The van der Waals surface area contributed by atoms with Gasteiger partial charge in [0.05, 0.1) is 12.5 Å². The Morgan fingerprint density at radius 3 is 2.57 bits per heavy atom. The van der Waals surface area contributed by atoms with Crippen LogP contribution < -0.4 is 10.2 Å². The Hall–Kier alpha value is -3.27. The molecule has 1 saturated heterocycles. The van der Waals surface area contributed by atoms with Crippen LogP contribution in [0.4, 0.5) is 23.2 Å². The van der Waals surface area contributed by atoms with Gasteiger partial charge in [-0.05, 0) is 30.3 Å². The van der Waals surface area contributed by atoms with Crippen LogP contribution >= 0.6 is 0 Å². The minimum absolute atomic E-state index is 0.127. The lowest BCUT2D eigenvalue weighted by Gasteiger charge is -2.32. The number of nitrogens with zero attached hydrogens (tertiary/aromatic N) is 3. The predicted molar refractivity (Wildman–Crippen MR) is 98.6 cm³/mol. The summed E-state index contributed by atoms with van der Waals surface area (Å²) in [7, 11) is 0. The first-order chi connectivity index (χ1) is 14.4. The Bertz CT molecular complexity index is 1070. The normalized spacial score (nSPS) is 14.0. The van der Waals surface area contributed by atoms with Crippen molar-refractivity contribution in [3.63, 3.8) is 0 Å². The molecule has 0 aliphatic carbocycles. The van der Waals surface area contributed by atoms with Crippen molar-refractivity contribution in [2.24, 2.45) is 5.92 Å².